The average Bonchev–Trinajstić information content (AvgIpc) is 2.83. The average molecular weight is 485 g/mol. The lowest BCUT2D eigenvalue weighted by molar-refractivity contribution is -0.118. The van der Waals surface area contributed by atoms with Gasteiger partial charge in [-0.1, -0.05) is 38.1 Å². The van der Waals surface area contributed by atoms with Crippen molar-refractivity contribution in [1.82, 2.24) is 4.72 Å². The summed E-state index contributed by atoms with van der Waals surface area (Å²) >= 11 is 0. The molecule has 34 heavy (non-hydrogen) atoms. The van der Waals surface area contributed by atoms with Gasteiger partial charge in [-0.15, -0.1) is 0 Å². The molecule has 0 bridgehead atoms. The quantitative estimate of drug-likeness (QED) is 0.524. The van der Waals surface area contributed by atoms with E-state index in [-0.39, 0.29) is 16.6 Å². The van der Waals surface area contributed by atoms with Gasteiger partial charge < -0.3 is 14.8 Å². The summed E-state index contributed by atoms with van der Waals surface area (Å²) < 4.78 is 52.7. The molecule has 1 aliphatic heterocycles. The Labute approximate surface area is 198 Å². The van der Waals surface area contributed by atoms with Crippen molar-refractivity contribution in [3.63, 3.8) is 0 Å². The first-order valence-corrected chi connectivity index (χ1v) is 12.3. The molecule has 7 nitrogen and oxygen atoms in total. The lowest BCUT2D eigenvalue weighted by atomic mass is 10.0. The highest BCUT2D eigenvalue weighted by Gasteiger charge is 2.29. The van der Waals surface area contributed by atoms with E-state index in [9.17, 15) is 17.6 Å². The first-order valence-electron chi connectivity index (χ1n) is 10.8. The summed E-state index contributed by atoms with van der Waals surface area (Å²) in [6.07, 6.45) is 0. The third-order valence-corrected chi connectivity index (χ3v) is 6.84. The second-order valence-electron chi connectivity index (χ2n) is 8.22. The van der Waals surface area contributed by atoms with Gasteiger partial charge in [0.05, 0.1) is 4.90 Å². The fourth-order valence-electron chi connectivity index (χ4n) is 3.54. The molecule has 0 aromatic heterocycles. The first-order chi connectivity index (χ1) is 16.2. The molecule has 0 spiro atoms. The topological polar surface area (TPSA) is 93.7 Å². The summed E-state index contributed by atoms with van der Waals surface area (Å²) in [6.45, 7) is 4.39. The number of sulfonamides is 1. The Bertz CT molecular complexity index is 1280. The summed E-state index contributed by atoms with van der Waals surface area (Å²) in [6, 6.07) is 16.1. The minimum absolute atomic E-state index is 0.0242. The largest absolute Gasteiger partial charge is 0.486 e. The Kier molecular flexibility index (Phi) is 6.85. The number of carbonyl (C=O) groups excluding carboxylic acids is 1. The van der Waals surface area contributed by atoms with E-state index >= 15 is 0 Å². The van der Waals surface area contributed by atoms with Gasteiger partial charge in [-0.3, -0.25) is 4.79 Å². The van der Waals surface area contributed by atoms with Gasteiger partial charge in [0.25, 0.3) is 0 Å². The third-order valence-electron chi connectivity index (χ3n) is 5.38. The molecule has 0 fully saturated rings. The molecular weight excluding hydrogens is 459 g/mol. The first kappa shape index (κ1) is 23.7. The van der Waals surface area contributed by atoms with Gasteiger partial charge in [0.15, 0.2) is 11.5 Å². The number of anilines is 1. The molecule has 0 aliphatic carbocycles. The highest BCUT2D eigenvalue weighted by Crippen LogP contribution is 2.32. The van der Waals surface area contributed by atoms with Crippen molar-refractivity contribution >= 4 is 21.6 Å². The Balaban J connectivity index is 1.49. The molecule has 1 heterocycles. The van der Waals surface area contributed by atoms with Crippen LogP contribution in [0.25, 0.3) is 11.1 Å². The second kappa shape index (κ2) is 9.82. The van der Waals surface area contributed by atoms with Gasteiger partial charge >= 0.3 is 0 Å². The Morgan fingerprint density at radius 2 is 1.47 bits per heavy atom. The van der Waals surface area contributed by atoms with Crippen LogP contribution in [0.3, 0.4) is 0 Å². The number of rotatable bonds is 7. The summed E-state index contributed by atoms with van der Waals surface area (Å²) in [5.41, 5.74) is 1.98. The number of benzene rings is 3. The molecule has 3 aromatic carbocycles. The lowest BCUT2D eigenvalue weighted by Crippen LogP contribution is -2.47. The maximum atomic E-state index is 13.2. The number of halogens is 1. The smallest absolute Gasteiger partial charge is 0.242 e. The fraction of sp³-hybridized carbons (Fsp3) is 0.240. The van der Waals surface area contributed by atoms with Gasteiger partial charge in [-0.25, -0.2) is 12.8 Å². The zero-order chi connectivity index (χ0) is 24.3. The summed E-state index contributed by atoms with van der Waals surface area (Å²) in [5, 5.41) is 2.75. The van der Waals surface area contributed by atoms with Crippen LogP contribution in [0.2, 0.25) is 0 Å². The van der Waals surface area contributed by atoms with Crippen LogP contribution < -0.4 is 19.5 Å². The van der Waals surface area contributed by atoms with E-state index in [0.29, 0.717) is 30.4 Å². The molecule has 4 rings (SSSR count). The van der Waals surface area contributed by atoms with Crippen LogP contribution in [0, 0.1) is 11.7 Å². The monoisotopic (exact) mass is 484 g/mol. The van der Waals surface area contributed by atoms with Crippen LogP contribution in [0.4, 0.5) is 10.1 Å². The third kappa shape index (κ3) is 5.37. The van der Waals surface area contributed by atoms with Crippen molar-refractivity contribution in [3.05, 3.63) is 72.5 Å². The molecular formula is C25H25FN2O5S. The molecule has 2 N–H and O–H groups in total. The molecule has 0 saturated carbocycles. The van der Waals surface area contributed by atoms with Crippen molar-refractivity contribution in [2.45, 2.75) is 24.8 Å². The molecule has 1 atom stereocenters. The molecule has 0 radical (unpaired) electrons. The number of hydrogen-bond donors (Lipinski definition) is 2. The second-order valence-corrected chi connectivity index (χ2v) is 9.94. The van der Waals surface area contributed by atoms with E-state index in [1.807, 2.05) is 0 Å². The number of amides is 1. The van der Waals surface area contributed by atoms with Crippen molar-refractivity contribution in [1.29, 1.82) is 0 Å². The van der Waals surface area contributed by atoms with E-state index in [0.717, 1.165) is 11.1 Å². The van der Waals surface area contributed by atoms with Crippen LogP contribution >= 0.6 is 0 Å². The number of carbonyl (C=O) groups is 1. The maximum absolute atomic E-state index is 13.2. The van der Waals surface area contributed by atoms with Gasteiger partial charge in [0.1, 0.15) is 25.1 Å². The highest BCUT2D eigenvalue weighted by molar-refractivity contribution is 7.89. The molecule has 9 heteroatoms. The number of fused-ring (bicyclic) bond motifs is 1. The Morgan fingerprint density at radius 1 is 0.882 bits per heavy atom. The van der Waals surface area contributed by atoms with Crippen LogP contribution in [0.1, 0.15) is 13.8 Å². The van der Waals surface area contributed by atoms with Crippen LogP contribution in [-0.2, 0) is 14.8 Å². The predicted octanol–water partition coefficient (Wildman–Crippen LogP) is 4.21. The van der Waals surface area contributed by atoms with Crippen molar-refractivity contribution in [2.75, 3.05) is 18.5 Å². The standard InChI is InChI=1S/C25H25FN2O5S/c1-16(2)24(25(29)27-20-9-12-22-23(15-20)33-14-13-32-22)28-34(30,31)21-10-5-18(6-11-21)17-3-7-19(26)8-4-17/h3-12,15-16,24,28H,13-14H2,1-2H3,(H,27,29). The molecule has 1 unspecified atom stereocenters. The summed E-state index contributed by atoms with van der Waals surface area (Å²) in [5.74, 6) is -0.0357. The van der Waals surface area contributed by atoms with Gasteiger partial charge in [-0.2, -0.15) is 4.72 Å². The van der Waals surface area contributed by atoms with E-state index in [1.54, 1.807) is 56.3 Å². The molecule has 1 amide bonds. The normalized spacial score (nSPS) is 14.0. The molecule has 178 valence electrons. The Hall–Kier alpha value is -3.43. The lowest BCUT2D eigenvalue weighted by Gasteiger charge is -2.23. The van der Waals surface area contributed by atoms with Gasteiger partial charge in [0, 0.05) is 11.8 Å². The van der Waals surface area contributed by atoms with Crippen molar-refractivity contribution < 1.29 is 27.1 Å². The van der Waals surface area contributed by atoms with E-state index in [1.165, 1.54) is 24.3 Å². The number of ether oxygens (including phenoxy) is 2. The van der Waals surface area contributed by atoms with E-state index in [2.05, 4.69) is 10.0 Å². The zero-order valence-electron chi connectivity index (χ0n) is 18.7. The van der Waals surface area contributed by atoms with Gasteiger partial charge in [0.2, 0.25) is 15.9 Å². The molecule has 3 aromatic rings. The van der Waals surface area contributed by atoms with Crippen LogP contribution in [-0.4, -0.2) is 33.6 Å². The summed E-state index contributed by atoms with van der Waals surface area (Å²) in [7, 11) is -3.98. The van der Waals surface area contributed by atoms with Crippen molar-refractivity contribution in [2.24, 2.45) is 5.92 Å². The van der Waals surface area contributed by atoms with Crippen LogP contribution in [0.5, 0.6) is 11.5 Å². The number of nitrogens with one attached hydrogen (secondary N) is 2. The molecule has 0 saturated heterocycles. The minimum atomic E-state index is -3.98. The van der Waals surface area contributed by atoms with Crippen LogP contribution in [0.15, 0.2) is 71.6 Å². The molecule has 1 aliphatic rings. The fourth-order valence-corrected chi connectivity index (χ4v) is 4.88. The van der Waals surface area contributed by atoms with Gasteiger partial charge in [-0.05, 0) is 53.4 Å². The number of hydrogen-bond acceptors (Lipinski definition) is 5. The zero-order valence-corrected chi connectivity index (χ0v) is 19.6. The van der Waals surface area contributed by atoms with E-state index < -0.39 is 22.0 Å². The summed E-state index contributed by atoms with van der Waals surface area (Å²) in [4.78, 5) is 13.0. The SMILES string of the molecule is CC(C)C(NS(=O)(=O)c1ccc(-c2ccc(F)cc2)cc1)C(=O)Nc1ccc2c(c1)OCCO2. The Morgan fingerprint density at radius 3 is 2.09 bits per heavy atom. The van der Waals surface area contributed by atoms with Crippen molar-refractivity contribution in [3.8, 4) is 22.6 Å². The minimum Gasteiger partial charge on any atom is -0.486 e. The highest BCUT2D eigenvalue weighted by atomic mass is 32.2. The maximum Gasteiger partial charge on any atom is 0.242 e. The van der Waals surface area contributed by atoms with E-state index in [4.69, 9.17) is 9.47 Å². The predicted molar refractivity (Wildman–Crippen MR) is 127 cm³/mol.